The number of benzene rings is 1. The van der Waals surface area contributed by atoms with E-state index in [0.29, 0.717) is 29.1 Å². The molecule has 2 amide bonds. The number of sulfonamides is 1. The standard InChI is InChI=1S/C23H29N5O5S/c1-14-17(13-22(29)25-5-6-28-7-9-33-10-8-28)15(2)26-21(14)12-19-18-11-16(34(24,31)32)3-4-20(18)27-23(19)30/h3-4,11-12,26H,5-10,13H2,1-2H3,(H,25,29)(H,27,30)(H2,24,31,32). The molecule has 2 aromatic rings. The molecule has 0 radical (unpaired) electrons. The zero-order valence-electron chi connectivity index (χ0n) is 19.2. The number of carbonyl (C=O) groups is 2. The van der Waals surface area contributed by atoms with Crippen LogP contribution < -0.4 is 15.8 Å². The molecule has 10 nitrogen and oxygen atoms in total. The lowest BCUT2D eigenvalue weighted by Crippen LogP contribution is -2.41. The maximum absolute atomic E-state index is 12.6. The Bertz CT molecular complexity index is 1260. The van der Waals surface area contributed by atoms with Crippen molar-refractivity contribution in [3.63, 3.8) is 0 Å². The Morgan fingerprint density at radius 1 is 1.26 bits per heavy atom. The molecule has 0 aliphatic carbocycles. The van der Waals surface area contributed by atoms with E-state index in [4.69, 9.17) is 9.88 Å². The van der Waals surface area contributed by atoms with Crippen LogP contribution in [0.5, 0.6) is 0 Å². The number of aryl methyl sites for hydroxylation is 1. The molecule has 182 valence electrons. The van der Waals surface area contributed by atoms with Crippen LogP contribution in [0.25, 0.3) is 11.6 Å². The van der Waals surface area contributed by atoms with Gasteiger partial charge < -0.3 is 20.4 Å². The fourth-order valence-electron chi connectivity index (χ4n) is 4.26. The van der Waals surface area contributed by atoms with E-state index in [9.17, 15) is 18.0 Å². The molecular weight excluding hydrogens is 458 g/mol. The topological polar surface area (TPSA) is 147 Å². The Balaban J connectivity index is 1.49. The van der Waals surface area contributed by atoms with Gasteiger partial charge in [-0.1, -0.05) is 0 Å². The van der Waals surface area contributed by atoms with Gasteiger partial charge >= 0.3 is 0 Å². The molecule has 2 aliphatic rings. The third-order valence-electron chi connectivity index (χ3n) is 6.21. The predicted octanol–water partition coefficient (Wildman–Crippen LogP) is 0.763. The van der Waals surface area contributed by atoms with Crippen molar-refractivity contribution in [2.75, 3.05) is 44.7 Å². The number of nitrogens with one attached hydrogen (secondary N) is 3. The summed E-state index contributed by atoms with van der Waals surface area (Å²) in [6.07, 6.45) is 1.90. The van der Waals surface area contributed by atoms with Crippen LogP contribution in [0.4, 0.5) is 5.69 Å². The van der Waals surface area contributed by atoms with Gasteiger partial charge in [0.2, 0.25) is 15.9 Å². The molecule has 0 saturated carbocycles. The third kappa shape index (κ3) is 5.22. The second kappa shape index (κ2) is 9.71. The molecule has 1 aromatic heterocycles. The molecular formula is C23H29N5O5S. The normalized spacial score (nSPS) is 17.6. The molecule has 0 atom stereocenters. The van der Waals surface area contributed by atoms with Gasteiger partial charge in [-0.05, 0) is 49.2 Å². The number of hydrogen-bond acceptors (Lipinski definition) is 6. The molecule has 2 aliphatic heterocycles. The summed E-state index contributed by atoms with van der Waals surface area (Å²) in [5.74, 6) is -0.407. The number of aromatic nitrogens is 1. The summed E-state index contributed by atoms with van der Waals surface area (Å²) < 4.78 is 28.8. The van der Waals surface area contributed by atoms with E-state index in [1.165, 1.54) is 18.2 Å². The zero-order chi connectivity index (χ0) is 24.5. The third-order valence-corrected chi connectivity index (χ3v) is 7.12. The first-order valence-electron chi connectivity index (χ1n) is 11.1. The lowest BCUT2D eigenvalue weighted by molar-refractivity contribution is -0.120. The number of nitrogens with two attached hydrogens (primary N) is 1. The van der Waals surface area contributed by atoms with E-state index in [1.54, 1.807) is 6.08 Å². The SMILES string of the molecule is Cc1[nH]c(C=C2C(=O)Nc3ccc(S(N)(=O)=O)cc32)c(C)c1CC(=O)NCCN1CCOCC1. The Hall–Kier alpha value is -2.99. The van der Waals surface area contributed by atoms with Crippen molar-refractivity contribution in [3.05, 3.63) is 46.3 Å². The number of hydrogen-bond donors (Lipinski definition) is 4. The van der Waals surface area contributed by atoms with Gasteiger partial charge in [0.05, 0.1) is 30.1 Å². The molecule has 5 N–H and O–H groups in total. The first kappa shape index (κ1) is 24.1. The highest BCUT2D eigenvalue weighted by Gasteiger charge is 2.27. The average Bonchev–Trinajstić information content (AvgIpc) is 3.24. The number of amides is 2. The number of primary sulfonamides is 1. The second-order valence-corrected chi connectivity index (χ2v) is 10.1. The monoisotopic (exact) mass is 487 g/mol. The van der Waals surface area contributed by atoms with E-state index >= 15 is 0 Å². The van der Waals surface area contributed by atoms with Crippen LogP contribution in [-0.2, 0) is 30.8 Å². The number of morpholine rings is 1. The van der Waals surface area contributed by atoms with E-state index in [0.717, 1.165) is 49.7 Å². The maximum Gasteiger partial charge on any atom is 0.256 e. The summed E-state index contributed by atoms with van der Waals surface area (Å²) in [6, 6.07) is 4.27. The van der Waals surface area contributed by atoms with E-state index in [-0.39, 0.29) is 23.1 Å². The first-order chi connectivity index (χ1) is 16.1. The van der Waals surface area contributed by atoms with E-state index in [1.807, 2.05) is 13.8 Å². The predicted molar refractivity (Wildman–Crippen MR) is 129 cm³/mol. The Morgan fingerprint density at radius 3 is 2.71 bits per heavy atom. The quantitative estimate of drug-likeness (QED) is 0.424. The van der Waals surface area contributed by atoms with Crippen LogP contribution in [-0.4, -0.2) is 69.5 Å². The number of ether oxygens (including phenoxy) is 1. The number of nitrogens with zero attached hydrogens (tertiary/aromatic N) is 1. The molecule has 1 aromatic carbocycles. The number of aromatic amines is 1. The van der Waals surface area contributed by atoms with Gasteiger partial charge in [0.15, 0.2) is 0 Å². The molecule has 0 spiro atoms. The van der Waals surface area contributed by atoms with Gasteiger partial charge in [-0.2, -0.15) is 0 Å². The highest BCUT2D eigenvalue weighted by molar-refractivity contribution is 7.89. The highest BCUT2D eigenvalue weighted by atomic mass is 32.2. The largest absolute Gasteiger partial charge is 0.379 e. The number of carbonyl (C=O) groups excluding carboxylic acids is 2. The van der Waals surface area contributed by atoms with E-state index in [2.05, 4.69) is 20.5 Å². The van der Waals surface area contributed by atoms with Crippen molar-refractivity contribution in [1.82, 2.24) is 15.2 Å². The molecule has 0 bridgehead atoms. The van der Waals surface area contributed by atoms with Gasteiger partial charge in [-0.15, -0.1) is 0 Å². The molecule has 1 saturated heterocycles. The van der Waals surface area contributed by atoms with Crippen LogP contribution in [0.2, 0.25) is 0 Å². The Morgan fingerprint density at radius 2 is 2.00 bits per heavy atom. The van der Waals surface area contributed by atoms with Crippen LogP contribution >= 0.6 is 0 Å². The van der Waals surface area contributed by atoms with Crippen LogP contribution in [0.3, 0.4) is 0 Å². The summed E-state index contributed by atoms with van der Waals surface area (Å²) in [5.41, 5.74) is 4.56. The second-order valence-electron chi connectivity index (χ2n) is 8.51. The average molecular weight is 488 g/mol. The lowest BCUT2D eigenvalue weighted by Gasteiger charge is -2.26. The fraction of sp³-hybridized carbons (Fsp3) is 0.391. The van der Waals surface area contributed by atoms with E-state index < -0.39 is 10.0 Å². The van der Waals surface area contributed by atoms with Crippen LogP contribution in [0.15, 0.2) is 23.1 Å². The van der Waals surface area contributed by atoms with Crippen molar-refractivity contribution < 1.29 is 22.7 Å². The first-order valence-corrected chi connectivity index (χ1v) is 12.6. The Labute approximate surface area is 198 Å². The van der Waals surface area contributed by atoms with Gasteiger partial charge in [0.25, 0.3) is 5.91 Å². The lowest BCUT2D eigenvalue weighted by atomic mass is 10.0. The van der Waals surface area contributed by atoms with Crippen molar-refractivity contribution in [2.45, 2.75) is 25.2 Å². The molecule has 11 heteroatoms. The van der Waals surface area contributed by atoms with Crippen molar-refractivity contribution in [1.29, 1.82) is 0 Å². The fourth-order valence-corrected chi connectivity index (χ4v) is 4.80. The van der Waals surface area contributed by atoms with Gasteiger partial charge in [-0.25, -0.2) is 13.6 Å². The molecule has 3 heterocycles. The summed E-state index contributed by atoms with van der Waals surface area (Å²) in [5, 5.41) is 11.0. The minimum atomic E-state index is -3.91. The highest BCUT2D eigenvalue weighted by Crippen LogP contribution is 2.35. The van der Waals surface area contributed by atoms with Crippen LogP contribution in [0.1, 0.15) is 28.1 Å². The summed E-state index contributed by atoms with van der Waals surface area (Å²) in [4.78, 5) is 30.6. The summed E-state index contributed by atoms with van der Waals surface area (Å²) in [7, 11) is -3.91. The zero-order valence-corrected chi connectivity index (χ0v) is 20.0. The van der Waals surface area contributed by atoms with Gasteiger partial charge in [0, 0.05) is 48.8 Å². The van der Waals surface area contributed by atoms with Crippen molar-refractivity contribution >= 4 is 39.2 Å². The molecule has 1 fully saturated rings. The van der Waals surface area contributed by atoms with Gasteiger partial charge in [-0.3, -0.25) is 14.5 Å². The number of H-pyrrole nitrogens is 1. The number of anilines is 1. The molecule has 34 heavy (non-hydrogen) atoms. The minimum Gasteiger partial charge on any atom is -0.379 e. The van der Waals surface area contributed by atoms with Crippen LogP contribution in [0, 0.1) is 13.8 Å². The Kier molecular flexibility index (Phi) is 6.89. The summed E-state index contributed by atoms with van der Waals surface area (Å²) in [6.45, 7) is 8.32. The molecule has 4 rings (SSSR count). The number of fused-ring (bicyclic) bond motifs is 1. The van der Waals surface area contributed by atoms with Crippen molar-refractivity contribution in [2.24, 2.45) is 5.14 Å². The number of rotatable bonds is 7. The van der Waals surface area contributed by atoms with Gasteiger partial charge in [0.1, 0.15) is 0 Å². The maximum atomic E-state index is 12.6. The smallest absolute Gasteiger partial charge is 0.256 e. The minimum absolute atomic E-state index is 0.0672. The van der Waals surface area contributed by atoms with Crippen molar-refractivity contribution in [3.8, 4) is 0 Å². The molecule has 0 unspecified atom stereocenters. The summed E-state index contributed by atoms with van der Waals surface area (Å²) >= 11 is 0.